The van der Waals surface area contributed by atoms with Gasteiger partial charge in [-0.15, -0.1) is 0 Å². The summed E-state index contributed by atoms with van der Waals surface area (Å²) in [6.07, 6.45) is 5.59. The maximum absolute atomic E-state index is 6.35. The zero-order valence-electron chi connectivity index (χ0n) is 14.0. The lowest BCUT2D eigenvalue weighted by molar-refractivity contribution is -0.0740. The molecule has 5 heteroatoms. The van der Waals surface area contributed by atoms with Crippen LogP contribution in [-0.4, -0.2) is 17.3 Å². The zero-order valence-corrected chi connectivity index (χ0v) is 14.0. The number of hydrogen-bond acceptors (Lipinski definition) is 5. The molecule has 2 rings (SSSR count). The first-order valence-corrected chi connectivity index (χ1v) is 7.99. The van der Waals surface area contributed by atoms with Crippen LogP contribution in [0, 0.1) is 5.41 Å². The van der Waals surface area contributed by atoms with Crippen LogP contribution in [0.25, 0.3) is 0 Å². The molecule has 5 nitrogen and oxygen atoms in total. The van der Waals surface area contributed by atoms with E-state index in [1.807, 2.05) is 13.8 Å². The van der Waals surface area contributed by atoms with Crippen LogP contribution in [0.2, 0.25) is 0 Å². The van der Waals surface area contributed by atoms with E-state index in [0.717, 1.165) is 38.5 Å². The molecule has 1 heterocycles. The van der Waals surface area contributed by atoms with Crippen molar-refractivity contribution < 1.29 is 9.26 Å². The summed E-state index contributed by atoms with van der Waals surface area (Å²) in [5.41, 5.74) is 5.76. The first-order valence-electron chi connectivity index (χ1n) is 7.99. The molecule has 0 bridgehead atoms. The van der Waals surface area contributed by atoms with E-state index >= 15 is 0 Å². The van der Waals surface area contributed by atoms with Gasteiger partial charge in [0.25, 0.3) is 0 Å². The van der Waals surface area contributed by atoms with Gasteiger partial charge < -0.3 is 15.0 Å². The quantitative estimate of drug-likeness (QED) is 0.900. The van der Waals surface area contributed by atoms with Gasteiger partial charge in [0, 0.05) is 7.11 Å². The summed E-state index contributed by atoms with van der Waals surface area (Å²) in [6, 6.07) is 0. The molecule has 1 aromatic rings. The number of hydrogen-bond donors (Lipinski definition) is 1. The third-order valence-electron chi connectivity index (χ3n) is 5.32. The summed E-state index contributed by atoms with van der Waals surface area (Å²) in [5, 5.41) is 4.20. The van der Waals surface area contributed by atoms with Crippen LogP contribution in [0.3, 0.4) is 0 Å². The number of nitrogens with two attached hydrogens (primary N) is 1. The van der Waals surface area contributed by atoms with E-state index in [1.165, 1.54) is 0 Å². The molecule has 0 amide bonds. The maximum Gasteiger partial charge on any atom is 0.246 e. The molecule has 1 aromatic heterocycles. The van der Waals surface area contributed by atoms with E-state index in [0.29, 0.717) is 17.1 Å². The van der Waals surface area contributed by atoms with E-state index in [1.54, 1.807) is 7.11 Å². The Morgan fingerprint density at radius 2 is 1.76 bits per heavy atom. The molecule has 0 spiro atoms. The Balaban J connectivity index is 2.27. The Hall–Kier alpha value is -0.940. The van der Waals surface area contributed by atoms with Crippen molar-refractivity contribution >= 4 is 0 Å². The Labute approximate surface area is 127 Å². The van der Waals surface area contributed by atoms with E-state index in [2.05, 4.69) is 24.0 Å². The Morgan fingerprint density at radius 1 is 1.19 bits per heavy atom. The van der Waals surface area contributed by atoms with Gasteiger partial charge in [-0.25, -0.2) is 0 Å². The first kappa shape index (κ1) is 16.4. The Morgan fingerprint density at radius 3 is 2.24 bits per heavy atom. The van der Waals surface area contributed by atoms with E-state index in [-0.39, 0.29) is 0 Å². The van der Waals surface area contributed by atoms with Crippen molar-refractivity contribution in [3.8, 4) is 0 Å². The monoisotopic (exact) mass is 295 g/mol. The van der Waals surface area contributed by atoms with Crippen LogP contribution in [0.5, 0.6) is 0 Å². The van der Waals surface area contributed by atoms with Crippen LogP contribution in [0.4, 0.5) is 0 Å². The van der Waals surface area contributed by atoms with Gasteiger partial charge in [-0.05, 0) is 43.9 Å². The van der Waals surface area contributed by atoms with Crippen molar-refractivity contribution in [3.63, 3.8) is 0 Å². The van der Waals surface area contributed by atoms with Crippen LogP contribution in [0.1, 0.15) is 77.9 Å². The second-order valence-corrected chi connectivity index (χ2v) is 7.15. The largest absolute Gasteiger partial charge is 0.370 e. The summed E-state index contributed by atoms with van der Waals surface area (Å²) in [5.74, 6) is 1.19. The first-order chi connectivity index (χ1) is 9.81. The number of nitrogens with zero attached hydrogens (tertiary/aromatic N) is 2. The van der Waals surface area contributed by atoms with Gasteiger partial charge in [0.1, 0.15) is 5.60 Å². The molecule has 1 aliphatic carbocycles. The molecule has 2 N–H and O–H groups in total. The molecular weight excluding hydrogens is 266 g/mol. The fourth-order valence-corrected chi connectivity index (χ4v) is 3.01. The fraction of sp³-hybridized carbons (Fsp3) is 0.875. The minimum Gasteiger partial charge on any atom is -0.370 e. The number of rotatable bonds is 5. The summed E-state index contributed by atoms with van der Waals surface area (Å²) >= 11 is 0. The fourth-order valence-electron chi connectivity index (χ4n) is 3.01. The highest BCUT2D eigenvalue weighted by molar-refractivity contribution is 5.09. The third kappa shape index (κ3) is 2.99. The number of ether oxygens (including phenoxy) is 1. The molecule has 0 aromatic carbocycles. The van der Waals surface area contributed by atoms with Crippen LogP contribution in [-0.2, 0) is 15.9 Å². The Bertz CT molecular complexity index is 468. The van der Waals surface area contributed by atoms with E-state index < -0.39 is 11.1 Å². The molecule has 0 saturated heterocycles. The van der Waals surface area contributed by atoms with Gasteiger partial charge in [0.15, 0.2) is 0 Å². The lowest BCUT2D eigenvalue weighted by Crippen LogP contribution is -2.38. The molecular formula is C16H29N3O2. The molecule has 0 radical (unpaired) electrons. The van der Waals surface area contributed by atoms with E-state index in [4.69, 9.17) is 15.0 Å². The molecule has 1 fully saturated rings. The van der Waals surface area contributed by atoms with Gasteiger partial charge in [0.05, 0.1) is 5.54 Å². The lowest BCUT2D eigenvalue weighted by atomic mass is 9.70. The van der Waals surface area contributed by atoms with Crippen LogP contribution in [0.15, 0.2) is 4.52 Å². The molecule has 0 atom stereocenters. The molecule has 1 saturated carbocycles. The number of aromatic nitrogens is 2. The second-order valence-electron chi connectivity index (χ2n) is 7.15. The highest BCUT2D eigenvalue weighted by atomic mass is 16.5. The minimum absolute atomic E-state index is 0.360. The highest BCUT2D eigenvalue weighted by Crippen LogP contribution is 2.46. The number of methoxy groups -OCH3 is 1. The van der Waals surface area contributed by atoms with Gasteiger partial charge >= 0.3 is 0 Å². The molecule has 0 aliphatic heterocycles. The summed E-state index contributed by atoms with van der Waals surface area (Å²) < 4.78 is 11.3. The minimum atomic E-state index is -0.534. The van der Waals surface area contributed by atoms with E-state index in [9.17, 15) is 0 Å². The topological polar surface area (TPSA) is 74.2 Å². The van der Waals surface area contributed by atoms with Gasteiger partial charge in [0.2, 0.25) is 11.7 Å². The van der Waals surface area contributed by atoms with Crippen molar-refractivity contribution in [2.24, 2.45) is 11.1 Å². The van der Waals surface area contributed by atoms with Crippen molar-refractivity contribution in [1.82, 2.24) is 10.1 Å². The van der Waals surface area contributed by atoms with Crippen LogP contribution >= 0.6 is 0 Å². The average molecular weight is 295 g/mol. The predicted octanol–water partition coefficient (Wildman–Crippen LogP) is 3.49. The van der Waals surface area contributed by atoms with Crippen molar-refractivity contribution in [2.75, 3.05) is 7.11 Å². The third-order valence-corrected chi connectivity index (χ3v) is 5.32. The normalized spacial score (nSPS) is 21.4. The average Bonchev–Trinajstić information content (AvgIpc) is 2.98. The molecule has 1 aliphatic rings. The maximum atomic E-state index is 6.35. The predicted molar refractivity (Wildman–Crippen MR) is 81.7 cm³/mol. The Kier molecular flexibility index (Phi) is 4.45. The lowest BCUT2D eigenvalue weighted by Gasteiger charge is -2.40. The van der Waals surface area contributed by atoms with Crippen LogP contribution < -0.4 is 5.73 Å². The summed E-state index contributed by atoms with van der Waals surface area (Å²) in [7, 11) is 1.74. The standard InChI is InChI=1S/C16H29N3O2/c1-6-15(17,7-2)13-18-12(19-21-13)16(20-5)10-8-14(3,4)9-11-16/h6-11,17H2,1-5H3. The summed E-state index contributed by atoms with van der Waals surface area (Å²) in [4.78, 5) is 4.61. The summed E-state index contributed by atoms with van der Waals surface area (Å²) in [6.45, 7) is 8.69. The smallest absolute Gasteiger partial charge is 0.246 e. The van der Waals surface area contributed by atoms with Crippen molar-refractivity contribution in [2.45, 2.75) is 77.4 Å². The van der Waals surface area contributed by atoms with Gasteiger partial charge in [-0.1, -0.05) is 32.9 Å². The molecule has 21 heavy (non-hydrogen) atoms. The zero-order chi connectivity index (χ0) is 15.7. The SMILES string of the molecule is CCC(N)(CC)c1nc(C2(OC)CCC(C)(C)CC2)no1. The molecule has 120 valence electrons. The van der Waals surface area contributed by atoms with Gasteiger partial charge in [-0.3, -0.25) is 0 Å². The van der Waals surface area contributed by atoms with Crippen molar-refractivity contribution in [3.05, 3.63) is 11.7 Å². The second kappa shape index (κ2) is 5.69. The highest BCUT2D eigenvalue weighted by Gasteiger charge is 2.44. The van der Waals surface area contributed by atoms with Crippen molar-refractivity contribution in [1.29, 1.82) is 0 Å². The molecule has 0 unspecified atom stereocenters. The van der Waals surface area contributed by atoms with Gasteiger partial charge in [-0.2, -0.15) is 4.98 Å².